The fourth-order valence-corrected chi connectivity index (χ4v) is 8.51. The summed E-state index contributed by atoms with van der Waals surface area (Å²) in [6.07, 6.45) is 2.76. The number of aliphatic hydroxyl groups is 1. The average molecular weight is 825 g/mol. The first-order chi connectivity index (χ1) is 29.1. The second-order valence-electron chi connectivity index (χ2n) is 15.5. The molecule has 0 radical (unpaired) electrons. The van der Waals surface area contributed by atoms with E-state index in [9.17, 15) is 19.5 Å². The molecule has 0 saturated carbocycles. The number of oxime groups is 1. The van der Waals surface area contributed by atoms with Gasteiger partial charge in [0.1, 0.15) is 13.2 Å². The number of aliphatic hydroxyl groups excluding tert-OH is 1. The van der Waals surface area contributed by atoms with Gasteiger partial charge in [0.25, 0.3) is 11.8 Å². The summed E-state index contributed by atoms with van der Waals surface area (Å²) < 4.78 is 16.2. The number of aromatic amines is 2. The number of carbonyl (C=O) groups excluding carboxylic acids is 3. The Morgan fingerprint density at radius 1 is 0.967 bits per heavy atom. The van der Waals surface area contributed by atoms with E-state index in [4.69, 9.17) is 34.7 Å². The average Bonchev–Trinajstić information content (AvgIpc) is 3.92. The van der Waals surface area contributed by atoms with Crippen LogP contribution < -0.4 is 5.73 Å². The van der Waals surface area contributed by atoms with Gasteiger partial charge in [0.05, 0.1) is 73.0 Å². The topological polar surface area (TPSA) is 211 Å². The first-order valence-electron chi connectivity index (χ1n) is 20.9. The van der Waals surface area contributed by atoms with E-state index in [0.29, 0.717) is 105 Å². The third-order valence-corrected chi connectivity index (χ3v) is 11.9. The van der Waals surface area contributed by atoms with E-state index in [1.165, 1.54) is 4.90 Å². The van der Waals surface area contributed by atoms with Crippen LogP contribution in [-0.2, 0) is 23.8 Å². The van der Waals surface area contributed by atoms with Crippen molar-refractivity contribution in [2.45, 2.75) is 65.7 Å². The van der Waals surface area contributed by atoms with Gasteiger partial charge in [0, 0.05) is 78.8 Å². The minimum absolute atomic E-state index is 0.0422. The van der Waals surface area contributed by atoms with Crippen LogP contribution in [-0.4, -0.2) is 138 Å². The van der Waals surface area contributed by atoms with Crippen LogP contribution in [0.2, 0.25) is 0 Å². The molecule has 4 aliphatic rings. The van der Waals surface area contributed by atoms with Gasteiger partial charge in [0.2, 0.25) is 0 Å². The Hall–Kier alpha value is -5.26. The van der Waals surface area contributed by atoms with Gasteiger partial charge in [-0.3, -0.25) is 29.2 Å². The molecule has 0 unspecified atom stereocenters. The third-order valence-electron chi connectivity index (χ3n) is 11.9. The second kappa shape index (κ2) is 19.0. The van der Waals surface area contributed by atoms with Gasteiger partial charge in [0.15, 0.2) is 0 Å². The molecule has 320 valence electrons. The number of nitrogens with one attached hydrogen (secondary N) is 2. The standard InChI is InChI=1S/C44H56N8O8/c1-6-29-25(2)33-22-37-31(24-46-60-20-19-57-15-9-45)27(4)32(48-37)21-34-26(3)30(7-8-38(54)59-18-14-53)41(49-34)40-42-39(28(5)35(50-42)23-36(29)47-33)43(55)52(44(40)56)11-10-51-12-16-58-17-13-51/h21-24,26,30,48,50,53H,6-20,45H2,1-5H3/b32-21?,33-22?,34-21?,35-23?,36-23?,37-22?,41-40?,46-24+/t26-,30-/m0/s1. The maximum Gasteiger partial charge on any atom is 0.305 e. The SMILES string of the molecule is CCC1=C(C)c2cc3[nH]c(cc4nc(c5c6[nH]c(cc1n2)c(C)c6C(=O)N(CCN1CCOCC1)C5=O)[C@@H](CCC(=O)OCCO)[C@@H]4C)c(C)c3/C=N/OCCOCCN. The van der Waals surface area contributed by atoms with Crippen molar-refractivity contribution in [1.82, 2.24) is 29.7 Å². The molecule has 60 heavy (non-hydrogen) atoms. The molecule has 0 aliphatic carbocycles. The van der Waals surface area contributed by atoms with Gasteiger partial charge in [-0.2, -0.15) is 0 Å². The molecular formula is C44H56N8O8. The summed E-state index contributed by atoms with van der Waals surface area (Å²) in [7, 11) is 0. The zero-order valence-corrected chi connectivity index (χ0v) is 35.2. The Labute approximate surface area is 349 Å². The number of nitrogens with two attached hydrogens (primary N) is 1. The summed E-state index contributed by atoms with van der Waals surface area (Å²) in [6.45, 7) is 14.5. The monoisotopic (exact) mass is 824 g/mol. The van der Waals surface area contributed by atoms with Gasteiger partial charge >= 0.3 is 5.97 Å². The maximum absolute atomic E-state index is 15.0. The molecule has 2 amide bonds. The van der Waals surface area contributed by atoms with Gasteiger partial charge in [-0.15, -0.1) is 0 Å². The van der Waals surface area contributed by atoms with Crippen LogP contribution in [0.4, 0.5) is 0 Å². The highest BCUT2D eigenvalue weighted by molar-refractivity contribution is 6.23. The summed E-state index contributed by atoms with van der Waals surface area (Å²) in [4.78, 5) is 68.9. The van der Waals surface area contributed by atoms with Crippen molar-refractivity contribution in [3.8, 4) is 0 Å². The van der Waals surface area contributed by atoms with E-state index in [1.807, 2.05) is 39.0 Å². The number of imide groups is 1. The number of fused-ring (bicyclic) bond motifs is 8. The van der Waals surface area contributed by atoms with Gasteiger partial charge in [-0.1, -0.05) is 19.0 Å². The Bertz CT molecular complexity index is 2360. The van der Waals surface area contributed by atoms with Crippen molar-refractivity contribution in [3.05, 3.63) is 68.8 Å². The smallest absolute Gasteiger partial charge is 0.305 e. The molecule has 0 aromatic carbocycles. The number of rotatable bonds is 16. The highest BCUT2D eigenvalue weighted by Crippen LogP contribution is 2.44. The molecule has 16 nitrogen and oxygen atoms in total. The van der Waals surface area contributed by atoms with Crippen LogP contribution in [0.25, 0.3) is 33.2 Å². The molecule has 16 heteroatoms. The fraction of sp³-hybridized carbons (Fsp3) is 0.500. The summed E-state index contributed by atoms with van der Waals surface area (Å²) in [5.41, 5.74) is 16.1. The van der Waals surface area contributed by atoms with Gasteiger partial charge in [-0.05, 0) is 74.1 Å². The van der Waals surface area contributed by atoms with Gasteiger partial charge < -0.3 is 39.9 Å². The molecule has 8 bridgehead atoms. The molecule has 0 spiro atoms. The lowest BCUT2D eigenvalue weighted by molar-refractivity contribution is -0.144. The number of aryl methyl sites for hydroxylation is 2. The third kappa shape index (κ3) is 8.65. The molecule has 1 saturated heterocycles. The number of hydrogen-bond donors (Lipinski definition) is 4. The number of nitrogens with zero attached hydrogens (tertiary/aromatic N) is 5. The Balaban J connectivity index is 1.46. The van der Waals surface area contributed by atoms with Crippen LogP contribution in [0, 0.1) is 13.8 Å². The van der Waals surface area contributed by atoms with E-state index in [-0.39, 0.29) is 44.6 Å². The quantitative estimate of drug-likeness (QED) is 0.0508. The fourth-order valence-electron chi connectivity index (χ4n) is 8.51. The van der Waals surface area contributed by atoms with Crippen LogP contribution in [0.1, 0.15) is 112 Å². The number of aromatic nitrogens is 4. The Morgan fingerprint density at radius 2 is 1.72 bits per heavy atom. The van der Waals surface area contributed by atoms with Crippen LogP contribution in [0.3, 0.4) is 0 Å². The molecule has 7 heterocycles. The van der Waals surface area contributed by atoms with E-state index < -0.39 is 17.8 Å². The predicted molar refractivity (Wildman–Crippen MR) is 228 cm³/mol. The largest absolute Gasteiger partial charge is 0.463 e. The Kier molecular flexibility index (Phi) is 13.6. The van der Waals surface area contributed by atoms with Crippen LogP contribution >= 0.6 is 0 Å². The molecule has 3 aromatic heterocycles. The van der Waals surface area contributed by atoms with Crippen molar-refractivity contribution in [2.24, 2.45) is 10.9 Å². The first-order valence-corrected chi connectivity index (χ1v) is 20.9. The van der Waals surface area contributed by atoms with E-state index in [1.54, 1.807) is 6.21 Å². The molecule has 7 rings (SSSR count). The summed E-state index contributed by atoms with van der Waals surface area (Å²) in [6, 6.07) is 5.96. The lowest BCUT2D eigenvalue weighted by Gasteiger charge is -2.31. The Morgan fingerprint density at radius 3 is 2.47 bits per heavy atom. The van der Waals surface area contributed by atoms with Crippen molar-refractivity contribution >= 4 is 57.2 Å². The highest BCUT2D eigenvalue weighted by atomic mass is 16.6. The first kappa shape index (κ1) is 42.8. The number of esters is 1. The highest BCUT2D eigenvalue weighted by Gasteiger charge is 2.41. The number of amides is 2. The molecule has 4 aliphatic heterocycles. The van der Waals surface area contributed by atoms with Crippen molar-refractivity contribution in [1.29, 1.82) is 0 Å². The zero-order chi connectivity index (χ0) is 42.5. The number of carbonyl (C=O) groups is 3. The number of allylic oxidation sites excluding steroid dienone is 2. The molecular weight excluding hydrogens is 769 g/mol. The normalized spacial score (nSPS) is 18.3. The van der Waals surface area contributed by atoms with Crippen molar-refractivity contribution < 1.29 is 38.5 Å². The lowest BCUT2D eigenvalue weighted by atomic mass is 9.84. The number of morpholine rings is 1. The molecule has 2 atom stereocenters. The molecule has 5 N–H and O–H groups in total. The van der Waals surface area contributed by atoms with Crippen molar-refractivity contribution in [2.75, 3.05) is 79.0 Å². The van der Waals surface area contributed by atoms with Crippen LogP contribution in [0.5, 0.6) is 0 Å². The van der Waals surface area contributed by atoms with E-state index in [2.05, 4.69) is 33.9 Å². The summed E-state index contributed by atoms with van der Waals surface area (Å²) in [5, 5.41) is 13.6. The number of ether oxygens (including phenoxy) is 3. The van der Waals surface area contributed by atoms with Crippen molar-refractivity contribution in [3.63, 3.8) is 0 Å². The molecule has 1 fully saturated rings. The summed E-state index contributed by atoms with van der Waals surface area (Å²) in [5.74, 6) is -1.90. The minimum atomic E-state index is -0.456. The minimum Gasteiger partial charge on any atom is -0.463 e. The maximum atomic E-state index is 15.0. The predicted octanol–water partition coefficient (Wildman–Crippen LogP) is 4.73. The van der Waals surface area contributed by atoms with E-state index in [0.717, 1.165) is 44.7 Å². The number of H-pyrrole nitrogens is 2. The van der Waals surface area contributed by atoms with E-state index >= 15 is 0 Å². The number of hydrogen-bond acceptors (Lipinski definition) is 13. The molecule has 3 aromatic rings. The summed E-state index contributed by atoms with van der Waals surface area (Å²) >= 11 is 0. The van der Waals surface area contributed by atoms with Crippen LogP contribution in [0.15, 0.2) is 23.4 Å². The lowest BCUT2D eigenvalue weighted by Crippen LogP contribution is -2.47. The second-order valence-corrected chi connectivity index (χ2v) is 15.5. The van der Waals surface area contributed by atoms with Gasteiger partial charge in [-0.25, -0.2) is 4.98 Å². The zero-order valence-electron chi connectivity index (χ0n) is 35.2.